The van der Waals surface area contributed by atoms with E-state index >= 15 is 0 Å². The maximum atomic E-state index is 8.96. The number of rotatable bonds is 9. The van der Waals surface area contributed by atoms with E-state index in [0.29, 0.717) is 19.6 Å². The predicted octanol–water partition coefficient (Wildman–Crippen LogP) is 0.690. The Morgan fingerprint density at radius 1 is 1.22 bits per heavy atom. The highest BCUT2D eigenvalue weighted by molar-refractivity contribution is 5.35. The molecule has 1 rings (SSSR count). The molecule has 0 fully saturated rings. The smallest absolute Gasteiger partial charge is 0.126 e. The number of anilines is 1. The third-order valence-corrected chi connectivity index (χ3v) is 2.58. The van der Waals surface area contributed by atoms with E-state index in [1.807, 2.05) is 23.1 Å². The molecule has 0 spiro atoms. The molecule has 1 heterocycles. The first-order valence-electron chi connectivity index (χ1n) is 6.44. The molecule has 0 bridgehead atoms. The fourth-order valence-electron chi connectivity index (χ4n) is 1.70. The molecule has 0 radical (unpaired) electrons. The zero-order chi connectivity index (χ0) is 13.2. The average Bonchev–Trinajstić information content (AvgIpc) is 2.37. The minimum absolute atomic E-state index is 0.0910. The van der Waals surface area contributed by atoms with Gasteiger partial charge in [-0.3, -0.25) is 4.90 Å². The van der Waals surface area contributed by atoms with E-state index in [2.05, 4.69) is 17.2 Å². The molecule has 1 aromatic rings. The van der Waals surface area contributed by atoms with Crippen molar-refractivity contribution < 1.29 is 10.2 Å². The number of aliphatic hydroxyl groups excluding tert-OH is 2. The van der Waals surface area contributed by atoms with Crippen LogP contribution in [0.5, 0.6) is 0 Å². The SMILES string of the molecule is CCCNc1cccc(CN(CCO)CCO)n1. The van der Waals surface area contributed by atoms with E-state index in [4.69, 9.17) is 10.2 Å². The second-order valence-corrected chi connectivity index (χ2v) is 4.16. The summed E-state index contributed by atoms with van der Waals surface area (Å²) in [6, 6.07) is 5.87. The number of aromatic nitrogens is 1. The first kappa shape index (κ1) is 14.9. The van der Waals surface area contributed by atoms with Crippen molar-refractivity contribution in [3.05, 3.63) is 23.9 Å². The van der Waals surface area contributed by atoms with Gasteiger partial charge in [0.25, 0.3) is 0 Å². The van der Waals surface area contributed by atoms with Crippen LogP contribution in [0.3, 0.4) is 0 Å². The van der Waals surface area contributed by atoms with E-state index in [0.717, 1.165) is 24.5 Å². The predicted molar refractivity (Wildman–Crippen MR) is 72.5 cm³/mol. The van der Waals surface area contributed by atoms with Crippen LogP contribution in [0.15, 0.2) is 18.2 Å². The van der Waals surface area contributed by atoms with Gasteiger partial charge in [0.15, 0.2) is 0 Å². The van der Waals surface area contributed by atoms with Crippen LogP contribution in [0.25, 0.3) is 0 Å². The second kappa shape index (κ2) is 8.85. The lowest BCUT2D eigenvalue weighted by molar-refractivity contribution is 0.155. The Kier molecular flexibility index (Phi) is 7.32. The Balaban J connectivity index is 2.58. The highest BCUT2D eigenvalue weighted by Crippen LogP contribution is 2.07. The van der Waals surface area contributed by atoms with Crippen molar-refractivity contribution in [1.29, 1.82) is 0 Å². The first-order chi connectivity index (χ1) is 8.80. The Hall–Kier alpha value is -1.17. The fourth-order valence-corrected chi connectivity index (χ4v) is 1.70. The van der Waals surface area contributed by atoms with Crippen molar-refractivity contribution in [1.82, 2.24) is 9.88 Å². The molecule has 102 valence electrons. The lowest BCUT2D eigenvalue weighted by Crippen LogP contribution is -2.29. The molecule has 0 aromatic carbocycles. The lowest BCUT2D eigenvalue weighted by atomic mass is 10.3. The normalized spacial score (nSPS) is 10.9. The average molecular weight is 253 g/mol. The highest BCUT2D eigenvalue weighted by Gasteiger charge is 2.06. The summed E-state index contributed by atoms with van der Waals surface area (Å²) in [4.78, 5) is 6.48. The van der Waals surface area contributed by atoms with Crippen molar-refractivity contribution in [2.24, 2.45) is 0 Å². The monoisotopic (exact) mass is 253 g/mol. The highest BCUT2D eigenvalue weighted by atomic mass is 16.3. The van der Waals surface area contributed by atoms with Crippen LogP contribution in [-0.2, 0) is 6.54 Å². The van der Waals surface area contributed by atoms with Crippen LogP contribution < -0.4 is 5.32 Å². The fraction of sp³-hybridized carbons (Fsp3) is 0.615. The minimum Gasteiger partial charge on any atom is -0.395 e. The van der Waals surface area contributed by atoms with Crippen LogP contribution in [0.4, 0.5) is 5.82 Å². The van der Waals surface area contributed by atoms with Crippen LogP contribution in [0, 0.1) is 0 Å². The van der Waals surface area contributed by atoms with Crippen molar-refractivity contribution in [3.8, 4) is 0 Å². The summed E-state index contributed by atoms with van der Waals surface area (Å²) < 4.78 is 0. The van der Waals surface area contributed by atoms with Gasteiger partial charge in [-0.15, -0.1) is 0 Å². The van der Waals surface area contributed by atoms with Gasteiger partial charge in [0.1, 0.15) is 5.82 Å². The van der Waals surface area contributed by atoms with Crippen molar-refractivity contribution in [2.75, 3.05) is 38.2 Å². The van der Waals surface area contributed by atoms with Gasteiger partial charge in [-0.2, -0.15) is 0 Å². The van der Waals surface area contributed by atoms with Crippen molar-refractivity contribution >= 4 is 5.82 Å². The van der Waals surface area contributed by atoms with Gasteiger partial charge in [0.05, 0.1) is 18.9 Å². The molecular weight excluding hydrogens is 230 g/mol. The molecule has 0 atom stereocenters. The molecule has 0 aliphatic heterocycles. The third-order valence-electron chi connectivity index (χ3n) is 2.58. The molecule has 0 aliphatic carbocycles. The largest absolute Gasteiger partial charge is 0.395 e. The Morgan fingerprint density at radius 2 is 1.94 bits per heavy atom. The summed E-state index contributed by atoms with van der Waals surface area (Å²) in [6.45, 7) is 4.95. The zero-order valence-electron chi connectivity index (χ0n) is 11.0. The summed E-state index contributed by atoms with van der Waals surface area (Å²) in [7, 11) is 0. The molecule has 5 heteroatoms. The van der Waals surface area contributed by atoms with Gasteiger partial charge in [0.2, 0.25) is 0 Å². The van der Waals surface area contributed by atoms with Gasteiger partial charge < -0.3 is 15.5 Å². The Labute approximate surface area is 108 Å². The Morgan fingerprint density at radius 3 is 2.56 bits per heavy atom. The van der Waals surface area contributed by atoms with E-state index < -0.39 is 0 Å². The second-order valence-electron chi connectivity index (χ2n) is 4.16. The number of aliphatic hydroxyl groups is 2. The molecule has 0 amide bonds. The molecule has 1 aromatic heterocycles. The van der Waals surface area contributed by atoms with Crippen LogP contribution >= 0.6 is 0 Å². The topological polar surface area (TPSA) is 68.6 Å². The summed E-state index contributed by atoms with van der Waals surface area (Å²) in [5.74, 6) is 0.877. The van der Waals surface area contributed by atoms with E-state index in [1.54, 1.807) is 0 Å². The molecular formula is C13H23N3O2. The van der Waals surface area contributed by atoms with E-state index in [1.165, 1.54) is 0 Å². The van der Waals surface area contributed by atoms with Gasteiger partial charge >= 0.3 is 0 Å². The van der Waals surface area contributed by atoms with Crippen LogP contribution in [-0.4, -0.2) is 52.9 Å². The first-order valence-corrected chi connectivity index (χ1v) is 6.44. The van der Waals surface area contributed by atoms with E-state index in [9.17, 15) is 0 Å². The van der Waals surface area contributed by atoms with Crippen molar-refractivity contribution in [2.45, 2.75) is 19.9 Å². The quantitative estimate of drug-likeness (QED) is 0.604. The molecule has 0 saturated carbocycles. The number of hydrogen-bond acceptors (Lipinski definition) is 5. The zero-order valence-corrected chi connectivity index (χ0v) is 11.0. The number of pyridine rings is 1. The maximum absolute atomic E-state index is 8.96. The van der Waals surface area contributed by atoms with Crippen molar-refractivity contribution in [3.63, 3.8) is 0 Å². The number of nitrogens with zero attached hydrogens (tertiary/aromatic N) is 2. The number of nitrogens with one attached hydrogen (secondary N) is 1. The standard InChI is InChI=1S/C13H23N3O2/c1-2-6-14-13-5-3-4-12(15-13)11-16(7-9-17)8-10-18/h3-5,17-18H,2,6-11H2,1H3,(H,14,15). The van der Waals surface area contributed by atoms with Gasteiger partial charge in [-0.25, -0.2) is 4.98 Å². The summed E-state index contributed by atoms with van der Waals surface area (Å²) in [5.41, 5.74) is 0.943. The summed E-state index contributed by atoms with van der Waals surface area (Å²) >= 11 is 0. The molecule has 0 unspecified atom stereocenters. The molecule has 5 nitrogen and oxygen atoms in total. The van der Waals surface area contributed by atoms with Crippen LogP contribution in [0.2, 0.25) is 0 Å². The van der Waals surface area contributed by atoms with Gasteiger partial charge in [0, 0.05) is 26.2 Å². The van der Waals surface area contributed by atoms with Gasteiger partial charge in [-0.1, -0.05) is 13.0 Å². The summed E-state index contributed by atoms with van der Waals surface area (Å²) in [6.07, 6.45) is 1.06. The molecule has 18 heavy (non-hydrogen) atoms. The molecule has 0 saturated heterocycles. The van der Waals surface area contributed by atoms with Gasteiger partial charge in [-0.05, 0) is 18.6 Å². The minimum atomic E-state index is 0.0910. The van der Waals surface area contributed by atoms with E-state index in [-0.39, 0.29) is 13.2 Å². The van der Waals surface area contributed by atoms with Crippen LogP contribution in [0.1, 0.15) is 19.0 Å². The third kappa shape index (κ3) is 5.44. The molecule has 0 aliphatic rings. The summed E-state index contributed by atoms with van der Waals surface area (Å²) in [5, 5.41) is 21.2. The molecule has 3 N–H and O–H groups in total. The maximum Gasteiger partial charge on any atom is 0.126 e. The lowest BCUT2D eigenvalue weighted by Gasteiger charge is -2.19. The Bertz CT molecular complexity index is 328. The number of hydrogen-bond donors (Lipinski definition) is 3.